The lowest BCUT2D eigenvalue weighted by Gasteiger charge is -2.15. The van der Waals surface area contributed by atoms with E-state index in [1.165, 1.54) is 0 Å². The minimum atomic E-state index is -0.669. The third-order valence-electron chi connectivity index (χ3n) is 2.95. The van der Waals surface area contributed by atoms with E-state index in [2.05, 4.69) is 15.6 Å². The molecule has 0 aromatic carbocycles. The van der Waals surface area contributed by atoms with Crippen molar-refractivity contribution in [3.63, 3.8) is 0 Å². The molecule has 0 radical (unpaired) electrons. The molecule has 1 atom stereocenters. The van der Waals surface area contributed by atoms with Crippen LogP contribution in [0.1, 0.15) is 29.6 Å². The summed E-state index contributed by atoms with van der Waals surface area (Å²) in [6.07, 6.45) is 4.16. The van der Waals surface area contributed by atoms with Crippen LogP contribution in [0.2, 0.25) is 0 Å². The van der Waals surface area contributed by atoms with Crippen molar-refractivity contribution >= 4 is 5.91 Å². The Balaban J connectivity index is 2.06. The molecule has 1 fully saturated rings. The number of carbonyl (C=O) groups excluding carboxylic acids is 1. The molecule has 1 saturated heterocycles. The molecule has 1 aliphatic rings. The van der Waals surface area contributed by atoms with Gasteiger partial charge < -0.3 is 15.6 Å². The standard InChI is InChI=1S/C11H16N4O3/c16-9(8-6-13-11(18)15-10(8)17)14-7-3-1-2-4-12-5-7/h6-7,12H,1-5H2,(H,14,16)(H2,13,15,17,18). The zero-order chi connectivity index (χ0) is 13.0. The first-order valence-corrected chi connectivity index (χ1v) is 6.00. The Morgan fingerprint density at radius 1 is 1.33 bits per heavy atom. The molecule has 4 N–H and O–H groups in total. The van der Waals surface area contributed by atoms with E-state index >= 15 is 0 Å². The Kier molecular flexibility index (Phi) is 3.93. The predicted octanol–water partition coefficient (Wildman–Crippen LogP) is -1.06. The third kappa shape index (κ3) is 3.07. The normalized spacial score (nSPS) is 20.1. The summed E-state index contributed by atoms with van der Waals surface area (Å²) in [5.74, 6) is -0.457. The molecular weight excluding hydrogens is 236 g/mol. The van der Waals surface area contributed by atoms with Crippen LogP contribution < -0.4 is 21.9 Å². The van der Waals surface area contributed by atoms with Gasteiger partial charge in [0.15, 0.2) is 0 Å². The van der Waals surface area contributed by atoms with Gasteiger partial charge in [-0.1, -0.05) is 6.42 Å². The van der Waals surface area contributed by atoms with Gasteiger partial charge in [-0.15, -0.1) is 0 Å². The molecule has 18 heavy (non-hydrogen) atoms. The van der Waals surface area contributed by atoms with E-state index in [-0.39, 0.29) is 11.6 Å². The zero-order valence-electron chi connectivity index (χ0n) is 9.91. The molecule has 1 aromatic heterocycles. The maximum atomic E-state index is 11.9. The Labute approximate surface area is 103 Å². The van der Waals surface area contributed by atoms with Crippen molar-refractivity contribution in [3.05, 3.63) is 32.6 Å². The molecule has 2 heterocycles. The van der Waals surface area contributed by atoms with Crippen molar-refractivity contribution in [2.75, 3.05) is 13.1 Å². The molecule has 0 bridgehead atoms. The topological polar surface area (TPSA) is 107 Å². The fourth-order valence-corrected chi connectivity index (χ4v) is 1.98. The number of amides is 1. The maximum Gasteiger partial charge on any atom is 0.325 e. The number of hydrogen-bond acceptors (Lipinski definition) is 4. The largest absolute Gasteiger partial charge is 0.348 e. The Hall–Kier alpha value is -1.89. The minimum Gasteiger partial charge on any atom is -0.348 e. The summed E-state index contributed by atoms with van der Waals surface area (Å²) in [4.78, 5) is 38.5. The Bertz CT molecular complexity index is 526. The highest BCUT2D eigenvalue weighted by atomic mass is 16.2. The van der Waals surface area contributed by atoms with Crippen LogP contribution in [0.15, 0.2) is 15.8 Å². The summed E-state index contributed by atoms with van der Waals surface area (Å²) in [7, 11) is 0. The van der Waals surface area contributed by atoms with Crippen LogP contribution in [0.5, 0.6) is 0 Å². The fourth-order valence-electron chi connectivity index (χ4n) is 1.98. The van der Waals surface area contributed by atoms with Crippen LogP contribution in [0.3, 0.4) is 0 Å². The van der Waals surface area contributed by atoms with E-state index in [4.69, 9.17) is 0 Å². The Morgan fingerprint density at radius 2 is 2.17 bits per heavy atom. The highest BCUT2D eigenvalue weighted by Crippen LogP contribution is 2.04. The SMILES string of the molecule is O=C(NC1CCCCNC1)c1c[nH]c(=O)[nH]c1=O. The molecule has 1 unspecified atom stereocenters. The lowest BCUT2D eigenvalue weighted by molar-refractivity contribution is 0.0933. The monoisotopic (exact) mass is 252 g/mol. The molecule has 1 aliphatic heterocycles. The second kappa shape index (κ2) is 5.63. The van der Waals surface area contributed by atoms with Gasteiger partial charge in [-0.2, -0.15) is 0 Å². The van der Waals surface area contributed by atoms with Gasteiger partial charge in [-0.05, 0) is 19.4 Å². The number of nitrogens with one attached hydrogen (secondary N) is 4. The van der Waals surface area contributed by atoms with E-state index in [0.717, 1.165) is 32.0 Å². The van der Waals surface area contributed by atoms with Crippen molar-refractivity contribution in [1.82, 2.24) is 20.6 Å². The van der Waals surface area contributed by atoms with E-state index < -0.39 is 17.2 Å². The summed E-state index contributed by atoms with van der Waals surface area (Å²) in [6.45, 7) is 1.65. The molecule has 2 rings (SSSR count). The maximum absolute atomic E-state index is 11.9. The van der Waals surface area contributed by atoms with Gasteiger partial charge in [0, 0.05) is 18.8 Å². The quantitative estimate of drug-likeness (QED) is 0.538. The van der Waals surface area contributed by atoms with E-state index in [0.29, 0.717) is 6.54 Å². The number of aromatic nitrogens is 2. The first-order chi connectivity index (χ1) is 8.66. The van der Waals surface area contributed by atoms with Crippen LogP contribution >= 0.6 is 0 Å². The van der Waals surface area contributed by atoms with Gasteiger partial charge in [0.1, 0.15) is 5.56 Å². The molecule has 0 spiro atoms. The average Bonchev–Trinajstić information content (AvgIpc) is 2.57. The second-order valence-corrected chi connectivity index (χ2v) is 4.36. The first kappa shape index (κ1) is 12.6. The second-order valence-electron chi connectivity index (χ2n) is 4.36. The van der Waals surface area contributed by atoms with Gasteiger partial charge in [-0.3, -0.25) is 14.6 Å². The van der Waals surface area contributed by atoms with Crippen molar-refractivity contribution in [3.8, 4) is 0 Å². The smallest absolute Gasteiger partial charge is 0.325 e. The number of H-pyrrole nitrogens is 2. The summed E-state index contributed by atoms with van der Waals surface area (Å²) >= 11 is 0. The van der Waals surface area contributed by atoms with Gasteiger partial charge in [0.25, 0.3) is 11.5 Å². The van der Waals surface area contributed by atoms with Crippen LogP contribution in [-0.2, 0) is 0 Å². The van der Waals surface area contributed by atoms with E-state index in [1.54, 1.807) is 0 Å². The minimum absolute atomic E-state index is 0.0197. The van der Waals surface area contributed by atoms with Crippen molar-refractivity contribution in [2.24, 2.45) is 0 Å². The third-order valence-corrected chi connectivity index (χ3v) is 2.95. The molecule has 7 nitrogen and oxygen atoms in total. The summed E-state index contributed by atoms with van der Waals surface area (Å²) < 4.78 is 0. The number of aromatic amines is 2. The molecule has 7 heteroatoms. The first-order valence-electron chi connectivity index (χ1n) is 6.00. The van der Waals surface area contributed by atoms with Crippen molar-refractivity contribution in [1.29, 1.82) is 0 Å². The predicted molar refractivity (Wildman–Crippen MR) is 65.7 cm³/mol. The van der Waals surface area contributed by atoms with Gasteiger partial charge >= 0.3 is 5.69 Å². The molecule has 1 aromatic rings. The lowest BCUT2D eigenvalue weighted by Crippen LogP contribution is -2.43. The van der Waals surface area contributed by atoms with Crippen LogP contribution in [0.4, 0.5) is 0 Å². The molecule has 0 saturated carbocycles. The number of carbonyl (C=O) groups is 1. The number of hydrogen-bond donors (Lipinski definition) is 4. The van der Waals surface area contributed by atoms with Crippen LogP contribution in [0, 0.1) is 0 Å². The summed E-state index contributed by atoms with van der Waals surface area (Å²) in [5.41, 5.74) is -1.36. The van der Waals surface area contributed by atoms with Gasteiger partial charge in [0.2, 0.25) is 0 Å². The van der Waals surface area contributed by atoms with Crippen LogP contribution in [-0.4, -0.2) is 35.0 Å². The van der Waals surface area contributed by atoms with Crippen LogP contribution in [0.25, 0.3) is 0 Å². The number of rotatable bonds is 2. The van der Waals surface area contributed by atoms with E-state index in [9.17, 15) is 14.4 Å². The van der Waals surface area contributed by atoms with Crippen molar-refractivity contribution < 1.29 is 4.79 Å². The molecular formula is C11H16N4O3. The molecule has 1 amide bonds. The Morgan fingerprint density at radius 3 is 2.94 bits per heavy atom. The van der Waals surface area contributed by atoms with Gasteiger partial charge in [0.05, 0.1) is 0 Å². The highest BCUT2D eigenvalue weighted by Gasteiger charge is 2.17. The van der Waals surface area contributed by atoms with E-state index in [1.807, 2.05) is 4.98 Å². The average molecular weight is 252 g/mol. The summed E-state index contributed by atoms with van der Waals surface area (Å²) in [5, 5.41) is 6.01. The molecule has 98 valence electrons. The lowest BCUT2D eigenvalue weighted by atomic mass is 10.1. The van der Waals surface area contributed by atoms with Gasteiger partial charge in [-0.25, -0.2) is 4.79 Å². The summed E-state index contributed by atoms with van der Waals surface area (Å²) in [6, 6.07) is 0.0197. The highest BCUT2D eigenvalue weighted by molar-refractivity contribution is 5.93. The molecule has 0 aliphatic carbocycles. The zero-order valence-corrected chi connectivity index (χ0v) is 9.91. The van der Waals surface area contributed by atoms with Crippen molar-refractivity contribution in [2.45, 2.75) is 25.3 Å². The fraction of sp³-hybridized carbons (Fsp3) is 0.545.